The van der Waals surface area contributed by atoms with Crippen LogP contribution in [-0.2, 0) is 16.6 Å². The molecule has 1 aliphatic carbocycles. The van der Waals surface area contributed by atoms with Crippen LogP contribution >= 0.6 is 27.7 Å². The second-order valence-corrected chi connectivity index (χ2v) is 9.29. The van der Waals surface area contributed by atoms with Crippen molar-refractivity contribution >= 4 is 37.7 Å². The Balaban J connectivity index is 1.76. The molecule has 21 heavy (non-hydrogen) atoms. The van der Waals surface area contributed by atoms with Gasteiger partial charge in [0.25, 0.3) is 0 Å². The summed E-state index contributed by atoms with van der Waals surface area (Å²) in [6, 6.07) is 6.22. The van der Waals surface area contributed by atoms with Gasteiger partial charge in [-0.15, -0.1) is 0 Å². The van der Waals surface area contributed by atoms with Crippen molar-refractivity contribution in [2.24, 2.45) is 0 Å². The second-order valence-electron chi connectivity index (χ2n) is 5.60. The van der Waals surface area contributed by atoms with Crippen LogP contribution < -0.4 is 10.0 Å². The summed E-state index contributed by atoms with van der Waals surface area (Å²) in [6.07, 6.45) is 3.36. The van der Waals surface area contributed by atoms with Crippen molar-refractivity contribution in [1.82, 2.24) is 10.0 Å². The minimum atomic E-state index is -3.46. The minimum absolute atomic E-state index is 0.0557. The lowest BCUT2D eigenvalue weighted by molar-refractivity contribution is 0.562. The fourth-order valence-electron chi connectivity index (χ4n) is 2.32. The Morgan fingerprint density at radius 3 is 2.71 bits per heavy atom. The maximum absolute atomic E-state index is 12.5. The summed E-state index contributed by atoms with van der Waals surface area (Å²) in [6.45, 7) is 0.722. The monoisotopic (exact) mass is 390 g/mol. The summed E-state index contributed by atoms with van der Waals surface area (Å²) < 4.78 is 28.5. The highest BCUT2D eigenvalue weighted by atomic mass is 79.9. The average molecular weight is 391 g/mol. The lowest BCUT2D eigenvalue weighted by atomic mass is 10.2. The third kappa shape index (κ3) is 4.22. The van der Waals surface area contributed by atoms with E-state index in [9.17, 15) is 8.42 Å². The highest BCUT2D eigenvalue weighted by Gasteiger charge is 2.25. The predicted molar refractivity (Wildman–Crippen MR) is 90.1 cm³/mol. The van der Waals surface area contributed by atoms with Crippen LogP contribution in [0.2, 0.25) is 0 Å². The van der Waals surface area contributed by atoms with Gasteiger partial charge in [0.1, 0.15) is 0 Å². The number of halogens is 1. The molecule has 1 aromatic carbocycles. The Morgan fingerprint density at radius 1 is 1.24 bits per heavy atom. The van der Waals surface area contributed by atoms with E-state index >= 15 is 0 Å². The zero-order valence-corrected chi connectivity index (χ0v) is 14.9. The van der Waals surface area contributed by atoms with Crippen molar-refractivity contribution in [3.63, 3.8) is 0 Å². The van der Waals surface area contributed by atoms with E-state index in [1.807, 2.05) is 12.1 Å². The zero-order valence-electron chi connectivity index (χ0n) is 11.6. The second kappa shape index (κ2) is 6.58. The van der Waals surface area contributed by atoms with E-state index in [2.05, 4.69) is 26.0 Å². The molecule has 7 heteroatoms. The van der Waals surface area contributed by atoms with Crippen LogP contribution in [0.25, 0.3) is 0 Å². The van der Waals surface area contributed by atoms with Crippen LogP contribution in [0, 0.1) is 0 Å². The lowest BCUT2D eigenvalue weighted by Gasteiger charge is -2.14. The third-order valence-corrected chi connectivity index (χ3v) is 7.39. The largest absolute Gasteiger partial charge is 0.310 e. The smallest absolute Gasteiger partial charge is 0.241 e. The van der Waals surface area contributed by atoms with Gasteiger partial charge in [-0.3, -0.25) is 0 Å². The van der Waals surface area contributed by atoms with Crippen LogP contribution in [0.15, 0.2) is 27.6 Å². The standard InChI is InChI=1S/C14H19BrN2O2S2/c15-13-4-1-10(8-16-11-2-3-11)7-14(13)21(18,19)17-12-5-6-20-9-12/h1,4,7,11-12,16-17H,2-3,5-6,8-9H2. The third-order valence-electron chi connectivity index (χ3n) is 3.71. The van der Waals surface area contributed by atoms with E-state index in [1.165, 1.54) is 12.8 Å². The fraction of sp³-hybridized carbons (Fsp3) is 0.571. The summed E-state index contributed by atoms with van der Waals surface area (Å²) >= 11 is 5.16. The first kappa shape index (κ1) is 15.8. The first-order valence-electron chi connectivity index (χ1n) is 7.16. The van der Waals surface area contributed by atoms with Gasteiger partial charge >= 0.3 is 0 Å². The first-order chi connectivity index (χ1) is 10.0. The van der Waals surface area contributed by atoms with Crippen LogP contribution in [-0.4, -0.2) is 32.0 Å². The van der Waals surface area contributed by atoms with Gasteiger partial charge in [0.05, 0.1) is 4.90 Å². The molecule has 1 saturated carbocycles. The molecule has 0 aromatic heterocycles. The molecule has 1 aliphatic heterocycles. The Hall–Kier alpha value is -0.0800. The molecule has 0 bridgehead atoms. The van der Waals surface area contributed by atoms with Crippen molar-refractivity contribution < 1.29 is 8.42 Å². The van der Waals surface area contributed by atoms with Crippen LogP contribution in [0.1, 0.15) is 24.8 Å². The molecule has 0 amide bonds. The van der Waals surface area contributed by atoms with Gasteiger partial charge in [0.2, 0.25) is 10.0 Å². The number of nitrogens with one attached hydrogen (secondary N) is 2. The van der Waals surface area contributed by atoms with Gasteiger partial charge < -0.3 is 5.32 Å². The van der Waals surface area contributed by atoms with Gasteiger partial charge in [-0.05, 0) is 58.6 Å². The molecule has 1 saturated heterocycles. The van der Waals surface area contributed by atoms with Gasteiger partial charge in [-0.2, -0.15) is 11.8 Å². The molecule has 1 atom stereocenters. The maximum atomic E-state index is 12.5. The van der Waals surface area contributed by atoms with E-state index in [-0.39, 0.29) is 6.04 Å². The first-order valence-corrected chi connectivity index (χ1v) is 10.6. The molecule has 1 aromatic rings. The quantitative estimate of drug-likeness (QED) is 0.783. The van der Waals surface area contributed by atoms with E-state index in [1.54, 1.807) is 17.8 Å². The topological polar surface area (TPSA) is 58.2 Å². The van der Waals surface area contributed by atoms with E-state index in [0.717, 1.165) is 30.0 Å². The number of sulfonamides is 1. The molecule has 0 spiro atoms. The molecule has 1 heterocycles. The number of rotatable bonds is 6. The van der Waals surface area contributed by atoms with Gasteiger partial charge in [0, 0.05) is 28.9 Å². The minimum Gasteiger partial charge on any atom is -0.310 e. The van der Waals surface area contributed by atoms with E-state index in [0.29, 0.717) is 15.4 Å². The molecule has 0 radical (unpaired) electrons. The van der Waals surface area contributed by atoms with Crippen LogP contribution in [0.3, 0.4) is 0 Å². The van der Waals surface area contributed by atoms with Gasteiger partial charge in [-0.25, -0.2) is 13.1 Å². The molecule has 3 rings (SSSR count). The number of benzene rings is 1. The molecule has 116 valence electrons. The molecule has 2 aliphatic rings. The Labute approximate surface area is 138 Å². The number of hydrogen-bond donors (Lipinski definition) is 2. The summed E-state index contributed by atoms with van der Waals surface area (Å²) in [7, 11) is -3.46. The molecular weight excluding hydrogens is 372 g/mol. The van der Waals surface area contributed by atoms with Crippen LogP contribution in [0.5, 0.6) is 0 Å². The van der Waals surface area contributed by atoms with Gasteiger partial charge in [0.15, 0.2) is 0 Å². The normalized spacial score (nSPS) is 22.6. The van der Waals surface area contributed by atoms with Crippen molar-refractivity contribution in [3.8, 4) is 0 Å². The average Bonchev–Trinajstić information content (AvgIpc) is 3.14. The molecule has 4 nitrogen and oxygen atoms in total. The lowest BCUT2D eigenvalue weighted by Crippen LogP contribution is -2.34. The summed E-state index contributed by atoms with van der Waals surface area (Å²) in [5.74, 6) is 1.89. The summed E-state index contributed by atoms with van der Waals surface area (Å²) in [4.78, 5) is 0.342. The summed E-state index contributed by atoms with van der Waals surface area (Å²) in [5.41, 5.74) is 1.01. The SMILES string of the molecule is O=S(=O)(NC1CCSC1)c1cc(CNC2CC2)ccc1Br. The highest BCUT2D eigenvalue weighted by molar-refractivity contribution is 9.10. The number of thioether (sulfide) groups is 1. The van der Waals surface area contributed by atoms with Crippen molar-refractivity contribution in [1.29, 1.82) is 0 Å². The zero-order chi connectivity index (χ0) is 14.9. The van der Waals surface area contributed by atoms with Gasteiger partial charge in [-0.1, -0.05) is 6.07 Å². The fourth-order valence-corrected chi connectivity index (χ4v) is 5.87. The molecule has 2 N–H and O–H groups in total. The van der Waals surface area contributed by atoms with Crippen molar-refractivity contribution in [3.05, 3.63) is 28.2 Å². The van der Waals surface area contributed by atoms with Crippen molar-refractivity contribution in [2.45, 2.75) is 42.8 Å². The molecule has 2 fully saturated rings. The number of hydrogen-bond acceptors (Lipinski definition) is 4. The Kier molecular flexibility index (Phi) is 4.95. The van der Waals surface area contributed by atoms with E-state index < -0.39 is 10.0 Å². The van der Waals surface area contributed by atoms with Crippen molar-refractivity contribution in [2.75, 3.05) is 11.5 Å². The Morgan fingerprint density at radius 2 is 2.05 bits per heavy atom. The molecular formula is C14H19BrN2O2S2. The summed E-state index contributed by atoms with van der Waals surface area (Å²) in [5, 5.41) is 3.41. The molecule has 1 unspecified atom stereocenters. The Bertz CT molecular complexity index is 611. The van der Waals surface area contributed by atoms with E-state index in [4.69, 9.17) is 0 Å². The highest BCUT2D eigenvalue weighted by Crippen LogP contribution is 2.26. The van der Waals surface area contributed by atoms with Crippen LogP contribution in [0.4, 0.5) is 0 Å². The maximum Gasteiger partial charge on any atom is 0.241 e. The predicted octanol–water partition coefficient (Wildman–Crippen LogP) is 2.48.